The number of rotatable bonds is 2. The number of carbonyl (C=O) groups is 1. The zero-order valence-corrected chi connectivity index (χ0v) is 7.85. The predicted octanol–water partition coefficient (Wildman–Crippen LogP) is 0.879. The molecule has 0 unspecified atom stereocenters. The average molecular weight is 194 g/mol. The number of aromatic nitrogens is 4. The van der Waals surface area contributed by atoms with Crippen molar-refractivity contribution in [2.45, 2.75) is 19.8 Å². The second-order valence-electron chi connectivity index (χ2n) is 3.35. The zero-order valence-electron chi connectivity index (χ0n) is 7.85. The van der Waals surface area contributed by atoms with Gasteiger partial charge in [0.2, 0.25) is 0 Å². The van der Waals surface area contributed by atoms with Crippen molar-refractivity contribution in [1.29, 1.82) is 0 Å². The maximum Gasteiger partial charge on any atom is 0.356 e. The molecule has 0 aliphatic carbocycles. The molecule has 14 heavy (non-hydrogen) atoms. The summed E-state index contributed by atoms with van der Waals surface area (Å²) in [7, 11) is 0. The first-order valence-corrected chi connectivity index (χ1v) is 4.26. The summed E-state index contributed by atoms with van der Waals surface area (Å²) in [6.07, 6.45) is 1.28. The number of H-pyrrole nitrogens is 1. The van der Waals surface area contributed by atoms with Crippen molar-refractivity contribution in [3.8, 4) is 0 Å². The number of nitrogens with one attached hydrogen (secondary N) is 1. The molecule has 0 saturated heterocycles. The lowest BCUT2D eigenvalue weighted by molar-refractivity contribution is 0.0688. The first-order valence-electron chi connectivity index (χ1n) is 4.26. The van der Waals surface area contributed by atoms with Gasteiger partial charge in [0.15, 0.2) is 5.69 Å². The topological polar surface area (TPSA) is 83.3 Å². The lowest BCUT2D eigenvalue weighted by Gasteiger charge is -1.96. The molecule has 0 amide bonds. The second-order valence-corrected chi connectivity index (χ2v) is 3.35. The van der Waals surface area contributed by atoms with Crippen LogP contribution in [0.1, 0.15) is 36.1 Å². The lowest BCUT2D eigenvalue weighted by Crippen LogP contribution is -2.02. The quantitative estimate of drug-likeness (QED) is 0.743. The molecule has 0 fully saturated rings. The van der Waals surface area contributed by atoms with Gasteiger partial charge in [-0.25, -0.2) is 14.3 Å². The van der Waals surface area contributed by atoms with Crippen molar-refractivity contribution in [3.05, 3.63) is 17.7 Å². The van der Waals surface area contributed by atoms with E-state index in [1.807, 2.05) is 13.8 Å². The summed E-state index contributed by atoms with van der Waals surface area (Å²) in [5.41, 5.74) is 0.0967. The van der Waals surface area contributed by atoms with Crippen LogP contribution in [0.3, 0.4) is 0 Å². The van der Waals surface area contributed by atoms with Gasteiger partial charge in [-0.1, -0.05) is 13.8 Å². The first-order chi connectivity index (χ1) is 6.59. The number of imidazole rings is 1. The van der Waals surface area contributed by atoms with E-state index in [9.17, 15) is 4.79 Å². The molecule has 0 aromatic carbocycles. The van der Waals surface area contributed by atoms with Gasteiger partial charge in [0.25, 0.3) is 5.78 Å². The number of aromatic carboxylic acids is 1. The highest BCUT2D eigenvalue weighted by Crippen LogP contribution is 2.11. The van der Waals surface area contributed by atoms with Crippen LogP contribution in [0.2, 0.25) is 0 Å². The minimum atomic E-state index is -1.02. The van der Waals surface area contributed by atoms with Crippen molar-refractivity contribution in [1.82, 2.24) is 19.6 Å². The van der Waals surface area contributed by atoms with Crippen molar-refractivity contribution in [2.75, 3.05) is 0 Å². The smallest absolute Gasteiger partial charge is 0.356 e. The van der Waals surface area contributed by atoms with Gasteiger partial charge >= 0.3 is 5.97 Å². The van der Waals surface area contributed by atoms with E-state index in [0.717, 1.165) is 5.82 Å². The molecule has 2 aromatic heterocycles. The van der Waals surface area contributed by atoms with E-state index in [0.29, 0.717) is 5.78 Å². The Labute approximate surface area is 79.6 Å². The van der Waals surface area contributed by atoms with Crippen LogP contribution in [0, 0.1) is 0 Å². The van der Waals surface area contributed by atoms with Gasteiger partial charge in [0.1, 0.15) is 5.82 Å². The zero-order chi connectivity index (χ0) is 10.3. The second kappa shape index (κ2) is 2.83. The summed E-state index contributed by atoms with van der Waals surface area (Å²) in [6.45, 7) is 3.94. The summed E-state index contributed by atoms with van der Waals surface area (Å²) < 4.78 is 1.37. The molecule has 0 aliphatic rings. The maximum atomic E-state index is 10.7. The van der Waals surface area contributed by atoms with Gasteiger partial charge in [0, 0.05) is 5.92 Å². The summed E-state index contributed by atoms with van der Waals surface area (Å²) >= 11 is 0. The van der Waals surface area contributed by atoms with Gasteiger partial charge in [-0.15, -0.1) is 0 Å². The molecule has 0 saturated carbocycles. The third kappa shape index (κ3) is 1.15. The molecule has 0 atom stereocenters. The summed E-state index contributed by atoms with van der Waals surface area (Å²) in [4.78, 5) is 18.8. The number of hydrogen-bond acceptors (Lipinski definition) is 3. The molecule has 6 nitrogen and oxygen atoms in total. The molecule has 74 valence electrons. The average Bonchev–Trinajstić information content (AvgIpc) is 2.58. The number of fused-ring (bicyclic) bond motifs is 1. The van der Waals surface area contributed by atoms with Crippen LogP contribution in [0.25, 0.3) is 5.78 Å². The van der Waals surface area contributed by atoms with E-state index in [4.69, 9.17) is 5.11 Å². The van der Waals surface area contributed by atoms with Gasteiger partial charge in [-0.3, -0.25) is 5.10 Å². The number of carboxylic acid groups (broad SMARTS) is 1. The van der Waals surface area contributed by atoms with E-state index >= 15 is 0 Å². The third-order valence-electron chi connectivity index (χ3n) is 1.96. The van der Waals surface area contributed by atoms with E-state index < -0.39 is 5.97 Å². The van der Waals surface area contributed by atoms with Crippen molar-refractivity contribution >= 4 is 11.7 Å². The normalized spacial score (nSPS) is 11.4. The molecule has 2 heterocycles. The van der Waals surface area contributed by atoms with Crippen LogP contribution < -0.4 is 0 Å². The Morgan fingerprint density at radius 3 is 2.93 bits per heavy atom. The van der Waals surface area contributed by atoms with Crippen LogP contribution in [-0.4, -0.2) is 30.7 Å². The van der Waals surface area contributed by atoms with Crippen molar-refractivity contribution < 1.29 is 9.90 Å². The highest BCUT2D eigenvalue weighted by molar-refractivity contribution is 5.86. The molecule has 2 aromatic rings. The Kier molecular flexibility index (Phi) is 1.77. The molecule has 2 rings (SSSR count). The minimum absolute atomic E-state index is 0.0967. The molecule has 0 aliphatic heterocycles. The molecular formula is C8H10N4O2. The summed E-state index contributed by atoms with van der Waals surface area (Å²) in [6, 6.07) is 0. The molecule has 0 bridgehead atoms. The number of carboxylic acids is 1. The fourth-order valence-electron chi connectivity index (χ4n) is 1.19. The summed E-state index contributed by atoms with van der Waals surface area (Å²) in [5, 5.41) is 11.7. The van der Waals surface area contributed by atoms with E-state index in [-0.39, 0.29) is 11.6 Å². The Balaban J connectivity index is 2.61. The molecular weight excluding hydrogens is 184 g/mol. The standard InChI is InChI=1S/C8H10N4O2/c1-4(2)6-10-8-9-3-5(7(13)14)12(8)11-6/h3-4H,1-2H3,(H,13,14)(H,9,10,11). The van der Waals surface area contributed by atoms with Crippen molar-refractivity contribution in [2.24, 2.45) is 0 Å². The number of nitrogens with zero attached hydrogens (tertiary/aromatic N) is 3. The minimum Gasteiger partial charge on any atom is -0.476 e. The maximum absolute atomic E-state index is 10.7. The fourth-order valence-corrected chi connectivity index (χ4v) is 1.19. The van der Waals surface area contributed by atoms with Crippen LogP contribution in [-0.2, 0) is 0 Å². The molecule has 2 N–H and O–H groups in total. The lowest BCUT2D eigenvalue weighted by atomic mass is 10.2. The van der Waals surface area contributed by atoms with E-state index in [2.05, 4.69) is 15.1 Å². The SMILES string of the molecule is CC(C)c1nc2ncc(C(=O)O)n2[nH]1. The first kappa shape index (κ1) is 8.74. The molecule has 0 radical (unpaired) electrons. The van der Waals surface area contributed by atoms with Crippen LogP contribution in [0.4, 0.5) is 0 Å². The monoisotopic (exact) mass is 194 g/mol. The highest BCUT2D eigenvalue weighted by atomic mass is 16.4. The van der Waals surface area contributed by atoms with E-state index in [1.54, 1.807) is 0 Å². The van der Waals surface area contributed by atoms with Gasteiger partial charge < -0.3 is 5.11 Å². The van der Waals surface area contributed by atoms with Crippen LogP contribution in [0.5, 0.6) is 0 Å². The Morgan fingerprint density at radius 2 is 2.36 bits per heavy atom. The summed E-state index contributed by atoms with van der Waals surface area (Å²) in [5.74, 6) is 0.330. The van der Waals surface area contributed by atoms with Crippen LogP contribution >= 0.6 is 0 Å². The Bertz CT molecular complexity index is 482. The highest BCUT2D eigenvalue weighted by Gasteiger charge is 2.14. The van der Waals surface area contributed by atoms with Crippen LogP contribution in [0.15, 0.2) is 6.20 Å². The number of aromatic amines is 1. The molecule has 6 heteroatoms. The predicted molar refractivity (Wildman–Crippen MR) is 48.4 cm³/mol. The Morgan fingerprint density at radius 1 is 1.64 bits per heavy atom. The largest absolute Gasteiger partial charge is 0.476 e. The van der Waals surface area contributed by atoms with Gasteiger partial charge in [0.05, 0.1) is 6.20 Å². The Hall–Kier alpha value is -1.85. The fraction of sp³-hybridized carbons (Fsp3) is 0.375. The van der Waals surface area contributed by atoms with Crippen molar-refractivity contribution in [3.63, 3.8) is 0 Å². The molecule has 0 spiro atoms. The third-order valence-corrected chi connectivity index (χ3v) is 1.96. The van der Waals surface area contributed by atoms with E-state index in [1.165, 1.54) is 10.7 Å². The number of hydrogen-bond donors (Lipinski definition) is 2. The van der Waals surface area contributed by atoms with Gasteiger partial charge in [-0.2, -0.15) is 4.98 Å². The van der Waals surface area contributed by atoms with Gasteiger partial charge in [-0.05, 0) is 0 Å².